The molecule has 0 bridgehead atoms. The number of carbonyl (C=O) groups excluding carboxylic acids is 1. The molecule has 2 aromatic rings. The molecule has 2 aromatic carbocycles. The number of nitriles is 1. The van der Waals surface area contributed by atoms with Crippen molar-refractivity contribution in [2.75, 3.05) is 49.6 Å². The number of nitrogens with zero attached hydrogens (tertiary/aromatic N) is 3. The molecule has 0 saturated carbocycles. The topological polar surface area (TPSA) is 103 Å². The molecule has 0 unspecified atom stereocenters. The third-order valence-corrected chi connectivity index (χ3v) is 8.09. The number of hydrogen-bond donors (Lipinski definition) is 1. The van der Waals surface area contributed by atoms with Crippen LogP contribution in [0.5, 0.6) is 0 Å². The van der Waals surface area contributed by atoms with Gasteiger partial charge in [-0.3, -0.25) is 4.79 Å². The fraction of sp³-hybridized carbons (Fsp3) is 0.391. The van der Waals surface area contributed by atoms with E-state index in [-0.39, 0.29) is 29.1 Å². The van der Waals surface area contributed by atoms with Crippen molar-refractivity contribution in [3.8, 4) is 6.07 Å². The van der Waals surface area contributed by atoms with Crippen LogP contribution in [0.4, 0.5) is 11.4 Å². The number of carbonyl (C=O) groups is 1. The molecule has 2 fully saturated rings. The Hall–Kier alpha value is -2.64. The summed E-state index contributed by atoms with van der Waals surface area (Å²) in [5.74, 6) is -0.444. The lowest BCUT2D eigenvalue weighted by Crippen LogP contribution is -2.40. The second-order valence-electron chi connectivity index (χ2n) is 8.00. The molecule has 2 aliphatic heterocycles. The largest absolute Gasteiger partial charge is 0.379 e. The Morgan fingerprint density at radius 2 is 1.76 bits per heavy atom. The summed E-state index contributed by atoms with van der Waals surface area (Å²) in [5.41, 5.74) is 1.63. The molecule has 1 N–H and O–H groups in total. The highest BCUT2D eigenvalue weighted by Gasteiger charge is 2.29. The van der Waals surface area contributed by atoms with E-state index in [1.807, 2.05) is 6.07 Å². The van der Waals surface area contributed by atoms with Crippen molar-refractivity contribution in [3.05, 3.63) is 52.5 Å². The van der Waals surface area contributed by atoms with E-state index in [9.17, 15) is 18.5 Å². The highest BCUT2D eigenvalue weighted by Crippen LogP contribution is 2.30. The normalized spacial score (nSPS) is 17.4. The molecule has 0 radical (unpaired) electrons. The molecule has 1 amide bonds. The van der Waals surface area contributed by atoms with Crippen LogP contribution in [-0.4, -0.2) is 58.0 Å². The summed E-state index contributed by atoms with van der Waals surface area (Å²) in [4.78, 5) is 15.5. The van der Waals surface area contributed by atoms with Crippen molar-refractivity contribution in [2.45, 2.75) is 24.2 Å². The zero-order valence-corrected chi connectivity index (χ0v) is 19.7. The lowest BCUT2D eigenvalue weighted by Gasteiger charge is -2.31. The number of piperidine rings is 1. The van der Waals surface area contributed by atoms with Gasteiger partial charge >= 0.3 is 0 Å². The number of amides is 1. The molecule has 4 rings (SSSR count). The highest BCUT2D eigenvalue weighted by molar-refractivity contribution is 7.89. The average molecular weight is 489 g/mol. The van der Waals surface area contributed by atoms with Crippen LogP contribution >= 0.6 is 11.6 Å². The smallest absolute Gasteiger partial charge is 0.257 e. The predicted octanol–water partition coefficient (Wildman–Crippen LogP) is 3.48. The number of morpholine rings is 1. The van der Waals surface area contributed by atoms with Crippen LogP contribution < -0.4 is 10.2 Å². The Bertz CT molecular complexity index is 1180. The van der Waals surface area contributed by atoms with Gasteiger partial charge < -0.3 is 15.0 Å². The van der Waals surface area contributed by atoms with Crippen LogP contribution in [0.15, 0.2) is 41.3 Å². The van der Waals surface area contributed by atoms with Crippen LogP contribution in [0.3, 0.4) is 0 Å². The summed E-state index contributed by atoms with van der Waals surface area (Å²) in [6, 6.07) is 11.4. The predicted molar refractivity (Wildman–Crippen MR) is 126 cm³/mol. The number of sulfonamides is 1. The maximum Gasteiger partial charge on any atom is 0.257 e. The Morgan fingerprint density at radius 1 is 1.03 bits per heavy atom. The molecule has 0 spiro atoms. The third kappa shape index (κ3) is 5.14. The van der Waals surface area contributed by atoms with Crippen molar-refractivity contribution >= 4 is 38.9 Å². The van der Waals surface area contributed by atoms with Crippen molar-refractivity contribution < 1.29 is 17.9 Å². The van der Waals surface area contributed by atoms with Gasteiger partial charge in [-0.15, -0.1) is 0 Å². The Kier molecular flexibility index (Phi) is 7.20. The quantitative estimate of drug-likeness (QED) is 0.691. The first-order valence-corrected chi connectivity index (χ1v) is 12.7. The summed E-state index contributed by atoms with van der Waals surface area (Å²) in [6.07, 6.45) is 3.15. The van der Waals surface area contributed by atoms with Gasteiger partial charge in [0.2, 0.25) is 10.0 Å². The Morgan fingerprint density at radius 3 is 2.45 bits per heavy atom. The molecule has 10 heteroatoms. The van der Waals surface area contributed by atoms with Gasteiger partial charge in [0.1, 0.15) is 6.07 Å². The molecular formula is C23H25ClN4O4S. The molecular weight excluding hydrogens is 464 g/mol. The van der Waals surface area contributed by atoms with Crippen molar-refractivity contribution in [3.63, 3.8) is 0 Å². The third-order valence-electron chi connectivity index (χ3n) is 5.86. The number of ether oxygens (including phenoxy) is 1. The number of anilines is 2. The van der Waals surface area contributed by atoms with Gasteiger partial charge in [-0.25, -0.2) is 8.42 Å². The number of benzene rings is 2. The van der Waals surface area contributed by atoms with Crippen LogP contribution in [0.25, 0.3) is 0 Å². The first-order chi connectivity index (χ1) is 15.9. The van der Waals surface area contributed by atoms with Crippen LogP contribution in [-0.2, 0) is 14.8 Å². The van der Waals surface area contributed by atoms with Crippen LogP contribution in [0, 0.1) is 11.3 Å². The van der Waals surface area contributed by atoms with Crippen LogP contribution in [0.1, 0.15) is 35.2 Å². The minimum Gasteiger partial charge on any atom is -0.379 e. The Balaban J connectivity index is 1.70. The summed E-state index contributed by atoms with van der Waals surface area (Å²) in [6.45, 7) is 2.84. The molecule has 0 atom stereocenters. The first kappa shape index (κ1) is 23.5. The fourth-order valence-electron chi connectivity index (χ4n) is 4.09. The number of nitrogens with one attached hydrogen (secondary N) is 1. The molecule has 174 valence electrons. The zero-order chi connectivity index (χ0) is 23.4. The zero-order valence-electron chi connectivity index (χ0n) is 18.1. The summed E-state index contributed by atoms with van der Waals surface area (Å²) >= 11 is 6.00. The van der Waals surface area contributed by atoms with Crippen molar-refractivity contribution in [2.24, 2.45) is 0 Å². The molecule has 8 nitrogen and oxygen atoms in total. The van der Waals surface area contributed by atoms with E-state index in [2.05, 4.69) is 10.2 Å². The number of hydrogen-bond acceptors (Lipinski definition) is 6. The SMILES string of the molecule is N#Cc1cc(NC(=O)c2cc(S(=O)(=O)N3CCOCC3)ccc2N2CCCCC2)ccc1Cl. The molecule has 2 saturated heterocycles. The monoisotopic (exact) mass is 488 g/mol. The van der Waals surface area contributed by atoms with E-state index in [1.165, 1.54) is 16.4 Å². The van der Waals surface area contributed by atoms with E-state index in [1.54, 1.807) is 24.3 Å². The van der Waals surface area contributed by atoms with Crippen molar-refractivity contribution in [1.82, 2.24) is 4.31 Å². The average Bonchev–Trinajstić information content (AvgIpc) is 2.85. The van der Waals surface area contributed by atoms with Gasteiger partial charge in [0.15, 0.2) is 0 Å². The maximum atomic E-state index is 13.3. The minimum absolute atomic E-state index is 0.0733. The lowest BCUT2D eigenvalue weighted by molar-refractivity contribution is 0.0730. The molecule has 33 heavy (non-hydrogen) atoms. The van der Waals surface area contributed by atoms with Crippen LogP contribution in [0.2, 0.25) is 5.02 Å². The van der Waals surface area contributed by atoms with E-state index in [0.29, 0.717) is 29.6 Å². The molecule has 2 heterocycles. The molecule has 0 aromatic heterocycles. The van der Waals surface area contributed by atoms with Gasteiger partial charge in [0, 0.05) is 37.6 Å². The Labute approximate surface area is 198 Å². The summed E-state index contributed by atoms with van der Waals surface area (Å²) in [5, 5.41) is 12.3. The summed E-state index contributed by atoms with van der Waals surface area (Å²) in [7, 11) is -3.76. The maximum absolute atomic E-state index is 13.3. The lowest BCUT2D eigenvalue weighted by atomic mass is 10.1. The first-order valence-electron chi connectivity index (χ1n) is 10.9. The van der Waals surface area contributed by atoms with E-state index < -0.39 is 15.9 Å². The van der Waals surface area contributed by atoms with Gasteiger partial charge in [0.05, 0.1) is 34.3 Å². The number of halogens is 1. The summed E-state index contributed by atoms with van der Waals surface area (Å²) < 4.78 is 33.1. The van der Waals surface area contributed by atoms with Gasteiger partial charge in [-0.2, -0.15) is 9.57 Å². The van der Waals surface area contributed by atoms with Gasteiger partial charge in [0.25, 0.3) is 5.91 Å². The van der Waals surface area contributed by atoms with Gasteiger partial charge in [-0.05, 0) is 55.7 Å². The van der Waals surface area contributed by atoms with E-state index in [4.69, 9.17) is 16.3 Å². The number of rotatable bonds is 5. The standard InChI is InChI=1S/C23H25ClN4O4S/c24-21-6-4-18(14-17(21)16-25)26-23(29)20-15-19(33(30,31)28-10-12-32-13-11-28)5-7-22(20)27-8-2-1-3-9-27/h4-7,14-15H,1-3,8-13H2,(H,26,29). The van der Waals surface area contributed by atoms with Crippen molar-refractivity contribution in [1.29, 1.82) is 5.26 Å². The molecule has 0 aliphatic carbocycles. The second kappa shape index (κ2) is 10.1. The van der Waals surface area contributed by atoms with E-state index >= 15 is 0 Å². The minimum atomic E-state index is -3.76. The van der Waals surface area contributed by atoms with E-state index in [0.717, 1.165) is 32.4 Å². The second-order valence-corrected chi connectivity index (χ2v) is 10.3. The fourth-order valence-corrected chi connectivity index (χ4v) is 5.69. The van der Waals surface area contributed by atoms with Gasteiger partial charge in [-0.1, -0.05) is 11.6 Å². The molecule has 2 aliphatic rings. The highest BCUT2D eigenvalue weighted by atomic mass is 35.5.